The minimum absolute atomic E-state index is 1.08. The summed E-state index contributed by atoms with van der Waals surface area (Å²) < 4.78 is 19.6. The zero-order chi connectivity index (χ0) is 17.9. The van der Waals surface area contributed by atoms with Crippen molar-refractivity contribution >= 4 is 42.7 Å². The van der Waals surface area contributed by atoms with Crippen molar-refractivity contribution in [3.05, 3.63) is 103 Å². The van der Waals surface area contributed by atoms with E-state index in [4.69, 9.17) is 12.3 Å². The average molecular weight is 393 g/mol. The maximum atomic E-state index is 6.92. The maximum absolute atomic E-state index is 6.92. The molecule has 4 rings (SSSR count). The quantitative estimate of drug-likeness (QED) is 0.628. The predicted molar refractivity (Wildman–Crippen MR) is 112 cm³/mol. The van der Waals surface area contributed by atoms with E-state index < -0.39 is 27.1 Å². The number of benzene rings is 3. The van der Waals surface area contributed by atoms with E-state index in [-0.39, 0.29) is 0 Å². The molecule has 3 aromatic rings. The second kappa shape index (κ2) is 7.28. The minimum Gasteiger partial charge on any atom is -0.414 e. The Morgan fingerprint density at radius 1 is 0.654 bits per heavy atom. The van der Waals surface area contributed by atoms with E-state index in [1.165, 1.54) is 0 Å². The second-order valence-electron chi connectivity index (χ2n) is 6.09. The molecule has 130 valence electrons. The highest BCUT2D eigenvalue weighted by Crippen LogP contribution is 2.23. The molecule has 0 aliphatic carbocycles. The van der Waals surface area contributed by atoms with Gasteiger partial charge >= 0.3 is 17.1 Å². The summed E-state index contributed by atoms with van der Waals surface area (Å²) in [6.45, 7) is 4.09. The highest BCUT2D eigenvalue weighted by Gasteiger charge is 2.54. The van der Waals surface area contributed by atoms with Crippen molar-refractivity contribution in [2.75, 3.05) is 0 Å². The zero-order valence-corrected chi connectivity index (χ0v) is 17.8. The van der Waals surface area contributed by atoms with Crippen molar-refractivity contribution in [2.45, 2.75) is 0 Å². The monoisotopic (exact) mass is 392 g/mol. The van der Waals surface area contributed by atoms with Crippen LogP contribution in [0.1, 0.15) is 0 Å². The van der Waals surface area contributed by atoms with Gasteiger partial charge in [-0.15, -0.1) is 6.58 Å². The molecule has 0 N–H and O–H groups in total. The van der Waals surface area contributed by atoms with E-state index in [0.717, 1.165) is 15.6 Å². The summed E-state index contributed by atoms with van der Waals surface area (Å²) in [5.74, 6) is 0. The third-order valence-electron chi connectivity index (χ3n) is 4.58. The standard InChI is InChI=1S/C20H20O3Si3/c1-2-25(18-12-6-3-7-13-18)21-24-22-26(23-25,19-14-8-4-9-15-19)20-16-10-5-11-17-20/h2-17H,1,24H2. The van der Waals surface area contributed by atoms with Crippen molar-refractivity contribution in [1.82, 2.24) is 0 Å². The SMILES string of the molecule is C=C[Si]1(c2ccccc2)O[SiH2]O[Si](c2ccccc2)(c2ccccc2)O1. The van der Waals surface area contributed by atoms with Crippen LogP contribution < -0.4 is 15.6 Å². The van der Waals surface area contributed by atoms with Crippen LogP contribution >= 0.6 is 0 Å². The van der Waals surface area contributed by atoms with E-state index in [2.05, 4.69) is 43.0 Å². The van der Waals surface area contributed by atoms with Crippen molar-refractivity contribution in [1.29, 1.82) is 0 Å². The largest absolute Gasteiger partial charge is 0.414 e. The molecular weight excluding hydrogens is 372 g/mol. The lowest BCUT2D eigenvalue weighted by Crippen LogP contribution is -2.75. The van der Waals surface area contributed by atoms with Crippen LogP contribution in [0.25, 0.3) is 0 Å². The molecule has 0 saturated carbocycles. The van der Waals surface area contributed by atoms with Gasteiger partial charge in [-0.3, -0.25) is 0 Å². The third kappa shape index (κ3) is 2.96. The van der Waals surface area contributed by atoms with E-state index in [0.29, 0.717) is 0 Å². The molecule has 6 heteroatoms. The topological polar surface area (TPSA) is 27.7 Å². The molecule has 1 unspecified atom stereocenters. The lowest BCUT2D eigenvalue weighted by Gasteiger charge is -2.44. The molecule has 0 bridgehead atoms. The molecule has 1 heterocycles. The molecule has 1 saturated heterocycles. The third-order valence-corrected chi connectivity index (χ3v) is 15.1. The fourth-order valence-corrected chi connectivity index (χ4v) is 15.3. The molecule has 0 spiro atoms. The van der Waals surface area contributed by atoms with Crippen molar-refractivity contribution < 1.29 is 12.3 Å². The number of hydrogen-bond donors (Lipinski definition) is 0. The highest BCUT2D eigenvalue weighted by molar-refractivity contribution is 7.05. The molecule has 26 heavy (non-hydrogen) atoms. The Morgan fingerprint density at radius 3 is 1.58 bits per heavy atom. The van der Waals surface area contributed by atoms with Gasteiger partial charge in [0.1, 0.15) is 0 Å². The molecule has 3 aromatic carbocycles. The number of rotatable bonds is 4. The molecule has 0 aromatic heterocycles. The van der Waals surface area contributed by atoms with Crippen LogP contribution in [0.2, 0.25) is 0 Å². The molecule has 0 amide bonds. The first-order chi connectivity index (χ1) is 12.8. The van der Waals surface area contributed by atoms with Gasteiger partial charge in [0.15, 0.2) is 0 Å². The summed E-state index contributed by atoms with van der Waals surface area (Å²) in [6, 6.07) is 30.8. The van der Waals surface area contributed by atoms with Crippen LogP contribution in [0.4, 0.5) is 0 Å². The highest BCUT2D eigenvalue weighted by atomic mass is 28.5. The van der Waals surface area contributed by atoms with Crippen molar-refractivity contribution in [3.63, 3.8) is 0 Å². The first-order valence-corrected chi connectivity index (χ1v) is 13.4. The van der Waals surface area contributed by atoms with Crippen LogP contribution in [0.15, 0.2) is 103 Å². The summed E-state index contributed by atoms with van der Waals surface area (Å²) in [4.78, 5) is 0. The molecule has 1 atom stereocenters. The number of hydrogen-bond acceptors (Lipinski definition) is 3. The molecule has 1 aliphatic rings. The maximum Gasteiger partial charge on any atom is 0.389 e. The Kier molecular flexibility index (Phi) is 4.86. The van der Waals surface area contributed by atoms with Gasteiger partial charge in [-0.2, -0.15) is 0 Å². The fourth-order valence-electron chi connectivity index (χ4n) is 3.27. The van der Waals surface area contributed by atoms with Gasteiger partial charge in [-0.25, -0.2) is 0 Å². The van der Waals surface area contributed by atoms with Gasteiger partial charge in [-0.1, -0.05) is 91.0 Å². The van der Waals surface area contributed by atoms with Crippen LogP contribution in [0, 0.1) is 0 Å². The van der Waals surface area contributed by atoms with Gasteiger partial charge in [0.05, 0.1) is 0 Å². The van der Waals surface area contributed by atoms with Gasteiger partial charge in [0.25, 0.3) is 10.0 Å². The van der Waals surface area contributed by atoms with Crippen LogP contribution in [0.5, 0.6) is 0 Å². The van der Waals surface area contributed by atoms with Crippen LogP contribution in [-0.2, 0) is 12.3 Å². The summed E-state index contributed by atoms with van der Waals surface area (Å²) in [5.41, 5.74) is 1.89. The van der Waals surface area contributed by atoms with E-state index in [1.54, 1.807) is 0 Å². The molecule has 1 aliphatic heterocycles. The lowest BCUT2D eigenvalue weighted by molar-refractivity contribution is 0.291. The van der Waals surface area contributed by atoms with Crippen molar-refractivity contribution in [3.8, 4) is 0 Å². The Balaban J connectivity index is 1.88. The fraction of sp³-hybridized carbons (Fsp3) is 0. The van der Waals surface area contributed by atoms with E-state index >= 15 is 0 Å². The van der Waals surface area contributed by atoms with Crippen LogP contribution in [-0.4, -0.2) is 27.1 Å². The van der Waals surface area contributed by atoms with Gasteiger partial charge in [0, 0.05) is 0 Å². The predicted octanol–water partition coefficient (Wildman–Crippen LogP) is 1.38. The van der Waals surface area contributed by atoms with E-state index in [1.807, 2.05) is 60.3 Å². The summed E-state index contributed by atoms with van der Waals surface area (Å²) in [7, 11) is -6.83. The average Bonchev–Trinajstić information content (AvgIpc) is 2.75. The lowest BCUT2D eigenvalue weighted by atomic mass is 10.4. The van der Waals surface area contributed by atoms with Crippen molar-refractivity contribution in [2.24, 2.45) is 0 Å². The molecular formula is C20H20O3Si3. The van der Waals surface area contributed by atoms with Crippen LogP contribution in [0.3, 0.4) is 0 Å². The Bertz CT molecular complexity index is 835. The normalized spacial score (nSPS) is 22.8. The summed E-state index contributed by atoms with van der Waals surface area (Å²) in [5, 5.41) is 3.29. The smallest absolute Gasteiger partial charge is 0.389 e. The van der Waals surface area contributed by atoms with E-state index in [9.17, 15) is 0 Å². The van der Waals surface area contributed by atoms with Gasteiger partial charge in [0.2, 0.25) is 0 Å². The Hall–Kier alpha value is -2.07. The molecule has 0 radical (unpaired) electrons. The molecule has 3 nitrogen and oxygen atoms in total. The zero-order valence-electron chi connectivity index (χ0n) is 14.4. The molecule has 1 fully saturated rings. The Morgan fingerprint density at radius 2 is 1.12 bits per heavy atom. The summed E-state index contributed by atoms with van der Waals surface area (Å²) in [6.07, 6.45) is 0. The van der Waals surface area contributed by atoms with Gasteiger partial charge in [-0.05, 0) is 21.3 Å². The first kappa shape index (κ1) is 17.3. The second-order valence-corrected chi connectivity index (χ2v) is 14.2. The first-order valence-electron chi connectivity index (χ1n) is 8.57. The Labute approximate surface area is 158 Å². The minimum atomic E-state index is -2.85. The summed E-state index contributed by atoms with van der Waals surface area (Å²) >= 11 is 0. The van der Waals surface area contributed by atoms with Gasteiger partial charge < -0.3 is 12.3 Å².